The number of aliphatic hydroxyl groups excluding tert-OH is 1. The lowest BCUT2D eigenvalue weighted by molar-refractivity contribution is -0.160. The molecule has 2 unspecified atom stereocenters. The van der Waals surface area contributed by atoms with Gasteiger partial charge in [0.25, 0.3) is 0 Å². The van der Waals surface area contributed by atoms with Gasteiger partial charge in [-0.25, -0.2) is 0 Å². The molecule has 3 heterocycles. The lowest BCUT2D eigenvalue weighted by atomic mass is 9.65. The van der Waals surface area contributed by atoms with E-state index in [4.69, 9.17) is 9.47 Å². The van der Waals surface area contributed by atoms with Crippen molar-refractivity contribution in [3.05, 3.63) is 0 Å². The van der Waals surface area contributed by atoms with Crippen molar-refractivity contribution in [1.29, 1.82) is 0 Å². The summed E-state index contributed by atoms with van der Waals surface area (Å²) in [4.78, 5) is 41.8. The molecule has 3 saturated heterocycles. The van der Waals surface area contributed by atoms with E-state index in [1.54, 1.807) is 11.8 Å². The Bertz CT molecular complexity index is 723. The second-order valence-corrected chi connectivity index (χ2v) is 9.54. The lowest BCUT2D eigenvalue weighted by Crippen LogP contribution is -2.57. The summed E-state index contributed by atoms with van der Waals surface area (Å²) in [5.74, 6) is -2.20. The molecule has 0 aromatic rings. The number of esters is 1. The third-order valence-corrected chi connectivity index (χ3v) is 7.98. The second-order valence-electron chi connectivity index (χ2n) is 9.54. The molecule has 31 heavy (non-hydrogen) atoms. The van der Waals surface area contributed by atoms with Crippen LogP contribution in [0.5, 0.6) is 0 Å². The summed E-state index contributed by atoms with van der Waals surface area (Å²) in [7, 11) is 0. The summed E-state index contributed by atoms with van der Waals surface area (Å²) in [6.45, 7) is 4.17. The summed E-state index contributed by atoms with van der Waals surface area (Å²) in [6.07, 6.45) is 7.46. The van der Waals surface area contributed by atoms with Crippen molar-refractivity contribution in [1.82, 2.24) is 10.2 Å². The summed E-state index contributed by atoms with van der Waals surface area (Å²) in [5, 5.41) is 12.6. The molecule has 4 fully saturated rings. The molecule has 8 nitrogen and oxygen atoms in total. The number of nitrogens with one attached hydrogen (secondary N) is 1. The van der Waals surface area contributed by atoms with Crippen molar-refractivity contribution >= 4 is 17.8 Å². The van der Waals surface area contributed by atoms with Gasteiger partial charge in [0.05, 0.1) is 18.1 Å². The fourth-order valence-corrected chi connectivity index (χ4v) is 6.62. The number of fused-ring (bicyclic) bond motifs is 1. The van der Waals surface area contributed by atoms with E-state index in [1.807, 2.05) is 6.92 Å². The first kappa shape index (κ1) is 22.5. The number of likely N-dealkylation sites (tertiary alicyclic amines) is 1. The molecule has 174 valence electrons. The van der Waals surface area contributed by atoms with Crippen molar-refractivity contribution in [2.24, 2.45) is 11.8 Å². The van der Waals surface area contributed by atoms with Crippen molar-refractivity contribution in [2.45, 2.75) is 94.9 Å². The Morgan fingerprint density at radius 1 is 1.23 bits per heavy atom. The van der Waals surface area contributed by atoms with Crippen LogP contribution in [0.4, 0.5) is 0 Å². The molecule has 2 N–H and O–H groups in total. The first-order chi connectivity index (χ1) is 14.9. The zero-order valence-corrected chi connectivity index (χ0v) is 18.7. The number of carbonyl (C=O) groups is 3. The van der Waals surface area contributed by atoms with Gasteiger partial charge >= 0.3 is 5.97 Å². The van der Waals surface area contributed by atoms with Gasteiger partial charge in [-0.05, 0) is 45.4 Å². The van der Waals surface area contributed by atoms with E-state index < -0.39 is 35.0 Å². The van der Waals surface area contributed by atoms with Gasteiger partial charge in [-0.2, -0.15) is 0 Å². The van der Waals surface area contributed by atoms with E-state index >= 15 is 0 Å². The van der Waals surface area contributed by atoms with Crippen LogP contribution in [-0.2, 0) is 23.9 Å². The van der Waals surface area contributed by atoms with E-state index in [0.29, 0.717) is 25.7 Å². The van der Waals surface area contributed by atoms with E-state index in [0.717, 1.165) is 25.7 Å². The predicted octanol–water partition coefficient (Wildman–Crippen LogP) is 1.54. The van der Waals surface area contributed by atoms with E-state index in [2.05, 4.69) is 5.32 Å². The molecule has 4 aliphatic rings. The van der Waals surface area contributed by atoms with Crippen LogP contribution in [0.15, 0.2) is 0 Å². The molecule has 1 aliphatic carbocycles. The molecule has 4 rings (SSSR count). The van der Waals surface area contributed by atoms with Gasteiger partial charge in [-0.3, -0.25) is 14.4 Å². The van der Waals surface area contributed by atoms with E-state index in [1.165, 1.54) is 6.42 Å². The first-order valence-electron chi connectivity index (χ1n) is 12.0. The Morgan fingerprint density at radius 2 is 1.97 bits per heavy atom. The number of amides is 2. The number of hydrogen-bond donors (Lipinski definition) is 2. The van der Waals surface area contributed by atoms with Gasteiger partial charge < -0.3 is 24.8 Å². The van der Waals surface area contributed by atoms with Crippen LogP contribution in [0.2, 0.25) is 0 Å². The van der Waals surface area contributed by atoms with Gasteiger partial charge in [0.2, 0.25) is 11.8 Å². The number of rotatable bonds is 8. The van der Waals surface area contributed by atoms with Crippen LogP contribution in [-0.4, -0.2) is 70.8 Å². The van der Waals surface area contributed by atoms with Crippen LogP contribution in [0, 0.1) is 11.8 Å². The molecular weight excluding hydrogens is 400 g/mol. The van der Waals surface area contributed by atoms with Crippen molar-refractivity contribution in [2.75, 3.05) is 19.8 Å². The van der Waals surface area contributed by atoms with Gasteiger partial charge in [-0.1, -0.05) is 26.2 Å². The molecule has 0 radical (unpaired) electrons. The van der Waals surface area contributed by atoms with Crippen LogP contribution in [0.25, 0.3) is 0 Å². The predicted molar refractivity (Wildman–Crippen MR) is 112 cm³/mol. The molecule has 0 aromatic carbocycles. The maximum absolute atomic E-state index is 13.6. The second kappa shape index (κ2) is 8.70. The first-order valence-corrected chi connectivity index (χ1v) is 12.0. The largest absolute Gasteiger partial charge is 0.466 e. The number of hydrogen-bond acceptors (Lipinski definition) is 6. The SMILES string of the molecule is CCOC(=O)[C@@H]1[C@H]2C(=O)N(CCCO)C(C(=O)NC3CCCCC3)C23CC[C@@]1(CC)O3. The highest BCUT2D eigenvalue weighted by Crippen LogP contribution is 2.64. The topological polar surface area (TPSA) is 105 Å². The van der Waals surface area contributed by atoms with E-state index in [9.17, 15) is 19.5 Å². The molecule has 2 amide bonds. The molecule has 0 aromatic heterocycles. The number of ether oxygens (including phenoxy) is 2. The molecule has 3 aliphatic heterocycles. The average molecular weight is 437 g/mol. The minimum absolute atomic E-state index is 0.0700. The fraction of sp³-hybridized carbons (Fsp3) is 0.870. The third-order valence-electron chi connectivity index (χ3n) is 7.98. The summed E-state index contributed by atoms with van der Waals surface area (Å²) >= 11 is 0. The number of aliphatic hydroxyl groups is 1. The van der Waals surface area contributed by atoms with Crippen LogP contribution >= 0.6 is 0 Å². The van der Waals surface area contributed by atoms with Crippen LogP contribution in [0.3, 0.4) is 0 Å². The minimum Gasteiger partial charge on any atom is -0.466 e. The summed E-state index contributed by atoms with van der Waals surface area (Å²) in [5.41, 5.74) is -1.75. The normalized spacial score (nSPS) is 37.2. The van der Waals surface area contributed by atoms with Gasteiger partial charge in [0, 0.05) is 19.2 Å². The highest BCUT2D eigenvalue weighted by Gasteiger charge is 2.78. The third kappa shape index (κ3) is 3.46. The summed E-state index contributed by atoms with van der Waals surface area (Å²) in [6, 6.07) is -0.655. The van der Waals surface area contributed by atoms with Crippen molar-refractivity contribution < 1.29 is 29.0 Å². The highest BCUT2D eigenvalue weighted by molar-refractivity contribution is 5.98. The van der Waals surface area contributed by atoms with Gasteiger partial charge in [0.15, 0.2) is 0 Å². The van der Waals surface area contributed by atoms with Crippen LogP contribution < -0.4 is 5.32 Å². The van der Waals surface area contributed by atoms with E-state index in [-0.39, 0.29) is 37.6 Å². The van der Waals surface area contributed by atoms with Crippen molar-refractivity contribution in [3.63, 3.8) is 0 Å². The molecule has 1 spiro atoms. The Morgan fingerprint density at radius 3 is 2.61 bits per heavy atom. The van der Waals surface area contributed by atoms with Crippen molar-refractivity contribution in [3.8, 4) is 0 Å². The zero-order chi connectivity index (χ0) is 22.2. The smallest absolute Gasteiger partial charge is 0.312 e. The summed E-state index contributed by atoms with van der Waals surface area (Å²) < 4.78 is 12.0. The Balaban J connectivity index is 1.68. The Labute approximate surface area is 184 Å². The number of carbonyl (C=O) groups excluding carboxylic acids is 3. The monoisotopic (exact) mass is 436 g/mol. The molecule has 5 atom stereocenters. The Kier molecular flexibility index (Phi) is 6.32. The maximum Gasteiger partial charge on any atom is 0.312 e. The average Bonchev–Trinajstić information content (AvgIpc) is 3.37. The minimum atomic E-state index is -1.00. The molecule has 1 saturated carbocycles. The van der Waals surface area contributed by atoms with Gasteiger partial charge in [0.1, 0.15) is 17.6 Å². The molecule has 8 heteroatoms. The standard InChI is InChI=1S/C23H36N2O6/c1-3-22-11-12-23(31-22)16(17(22)21(29)30-4-2)20(28)25(13-8-14-26)18(23)19(27)24-15-9-6-5-7-10-15/h15-18,26H,3-14H2,1-2H3,(H,24,27)/t16-,17-,18?,22+,23?/m0/s1. The zero-order valence-electron chi connectivity index (χ0n) is 18.7. The molecular formula is C23H36N2O6. The van der Waals surface area contributed by atoms with Gasteiger partial charge in [-0.15, -0.1) is 0 Å². The lowest BCUT2D eigenvalue weighted by Gasteiger charge is -2.35. The molecule has 2 bridgehead atoms. The Hall–Kier alpha value is -1.67. The quantitative estimate of drug-likeness (QED) is 0.559. The number of nitrogens with zero attached hydrogens (tertiary/aromatic N) is 1. The van der Waals surface area contributed by atoms with Crippen LogP contribution in [0.1, 0.15) is 71.6 Å². The maximum atomic E-state index is 13.6. The highest BCUT2D eigenvalue weighted by atomic mass is 16.6. The fourth-order valence-electron chi connectivity index (χ4n) is 6.62.